The lowest BCUT2D eigenvalue weighted by atomic mass is 9.63. The Balaban J connectivity index is 2.50. The van der Waals surface area contributed by atoms with Crippen LogP contribution in [0.25, 0.3) is 0 Å². The van der Waals surface area contributed by atoms with Crippen LogP contribution in [0.1, 0.15) is 72.6 Å². The van der Waals surface area contributed by atoms with Gasteiger partial charge in [-0.1, -0.05) is 40.5 Å². The number of unbranched alkanes of at least 4 members (excludes halogenated alkanes) is 1. The van der Waals surface area contributed by atoms with Gasteiger partial charge in [0.2, 0.25) is 0 Å². The zero-order chi connectivity index (χ0) is 12.2. The van der Waals surface area contributed by atoms with Crippen molar-refractivity contribution in [2.45, 2.75) is 72.6 Å². The van der Waals surface area contributed by atoms with Crippen molar-refractivity contribution >= 4 is 11.6 Å². The van der Waals surface area contributed by atoms with Crippen LogP contribution in [0.3, 0.4) is 0 Å². The van der Waals surface area contributed by atoms with Crippen LogP contribution < -0.4 is 0 Å². The second-order valence-electron chi connectivity index (χ2n) is 6.88. The van der Waals surface area contributed by atoms with Gasteiger partial charge in [0, 0.05) is 5.88 Å². The van der Waals surface area contributed by atoms with Crippen LogP contribution in [0.5, 0.6) is 0 Å². The molecule has 1 rings (SSSR count). The van der Waals surface area contributed by atoms with Gasteiger partial charge in [-0.3, -0.25) is 0 Å². The molecule has 1 heteroatoms. The van der Waals surface area contributed by atoms with Crippen LogP contribution in [0.2, 0.25) is 0 Å². The summed E-state index contributed by atoms with van der Waals surface area (Å²) < 4.78 is 0. The van der Waals surface area contributed by atoms with E-state index in [1.165, 1.54) is 44.9 Å². The highest BCUT2D eigenvalue weighted by atomic mass is 35.5. The monoisotopic (exact) mass is 244 g/mol. The van der Waals surface area contributed by atoms with Gasteiger partial charge in [-0.2, -0.15) is 0 Å². The molecular formula is C15H29Cl. The lowest BCUT2D eigenvalue weighted by Gasteiger charge is -2.43. The van der Waals surface area contributed by atoms with Crippen LogP contribution in [0, 0.1) is 16.7 Å². The van der Waals surface area contributed by atoms with Crippen molar-refractivity contribution in [3.05, 3.63) is 0 Å². The van der Waals surface area contributed by atoms with E-state index in [-0.39, 0.29) is 0 Å². The van der Waals surface area contributed by atoms with E-state index in [0.29, 0.717) is 10.8 Å². The maximum absolute atomic E-state index is 6.23. The van der Waals surface area contributed by atoms with Crippen molar-refractivity contribution in [2.24, 2.45) is 16.7 Å². The molecule has 0 atom stereocenters. The Labute approximate surface area is 107 Å². The molecule has 0 spiro atoms. The summed E-state index contributed by atoms with van der Waals surface area (Å²) in [6.45, 7) is 9.44. The van der Waals surface area contributed by atoms with Crippen LogP contribution in [-0.2, 0) is 0 Å². The molecule has 0 unspecified atom stereocenters. The van der Waals surface area contributed by atoms with Gasteiger partial charge < -0.3 is 0 Å². The van der Waals surface area contributed by atoms with E-state index in [2.05, 4.69) is 27.7 Å². The first-order valence-electron chi connectivity index (χ1n) is 6.99. The average molecular weight is 245 g/mol. The van der Waals surface area contributed by atoms with Gasteiger partial charge in [0.25, 0.3) is 0 Å². The van der Waals surface area contributed by atoms with Gasteiger partial charge in [-0.25, -0.2) is 0 Å². The minimum absolute atomic E-state index is 0.485. The minimum atomic E-state index is 0.485. The Kier molecular flexibility index (Phi) is 5.16. The molecule has 0 heterocycles. The third kappa shape index (κ3) is 3.65. The van der Waals surface area contributed by atoms with Gasteiger partial charge >= 0.3 is 0 Å². The number of halogens is 1. The standard InChI is InChI=1S/C15H29Cl/c1-5-6-9-15(12-16)10-7-13(8-11-15)14(2,3)4/h13H,5-12H2,1-4H3. The molecule has 0 bridgehead atoms. The first-order valence-corrected chi connectivity index (χ1v) is 7.53. The minimum Gasteiger partial charge on any atom is -0.126 e. The number of rotatable bonds is 4. The topological polar surface area (TPSA) is 0 Å². The maximum Gasteiger partial charge on any atom is 0.0280 e. The third-order valence-corrected chi connectivity index (χ3v) is 5.18. The molecule has 0 aromatic heterocycles. The van der Waals surface area contributed by atoms with Crippen molar-refractivity contribution in [3.63, 3.8) is 0 Å². The molecule has 0 amide bonds. The largest absolute Gasteiger partial charge is 0.126 e. The Bertz CT molecular complexity index is 194. The molecule has 0 N–H and O–H groups in total. The molecule has 0 radical (unpaired) electrons. The van der Waals surface area contributed by atoms with E-state index in [0.717, 1.165) is 11.8 Å². The first-order chi connectivity index (χ1) is 7.43. The Morgan fingerprint density at radius 3 is 2.12 bits per heavy atom. The molecule has 0 nitrogen and oxygen atoms in total. The fourth-order valence-corrected chi connectivity index (χ4v) is 3.50. The van der Waals surface area contributed by atoms with Gasteiger partial charge in [-0.05, 0) is 48.9 Å². The molecule has 1 aliphatic rings. The van der Waals surface area contributed by atoms with Crippen molar-refractivity contribution in [3.8, 4) is 0 Å². The predicted molar refractivity (Wildman–Crippen MR) is 74.1 cm³/mol. The zero-order valence-electron chi connectivity index (χ0n) is 11.6. The predicted octanol–water partition coefficient (Wildman–Crippen LogP) is 5.64. The van der Waals surface area contributed by atoms with Crippen molar-refractivity contribution < 1.29 is 0 Å². The molecule has 0 aromatic rings. The highest BCUT2D eigenvalue weighted by molar-refractivity contribution is 6.18. The van der Waals surface area contributed by atoms with E-state index in [1.54, 1.807) is 0 Å². The van der Waals surface area contributed by atoms with E-state index in [4.69, 9.17) is 11.6 Å². The van der Waals surface area contributed by atoms with Crippen LogP contribution in [0.4, 0.5) is 0 Å². The Morgan fingerprint density at radius 1 is 1.19 bits per heavy atom. The molecule has 1 aliphatic carbocycles. The summed E-state index contributed by atoms with van der Waals surface area (Å²) in [5, 5.41) is 0. The number of alkyl halides is 1. The summed E-state index contributed by atoms with van der Waals surface area (Å²) >= 11 is 6.23. The van der Waals surface area contributed by atoms with Crippen LogP contribution in [0.15, 0.2) is 0 Å². The average Bonchev–Trinajstić information content (AvgIpc) is 2.26. The summed E-state index contributed by atoms with van der Waals surface area (Å²) in [5.41, 5.74) is 0.975. The van der Waals surface area contributed by atoms with E-state index in [9.17, 15) is 0 Å². The quantitative estimate of drug-likeness (QED) is 0.562. The van der Waals surface area contributed by atoms with E-state index >= 15 is 0 Å². The summed E-state index contributed by atoms with van der Waals surface area (Å²) in [7, 11) is 0. The smallest absolute Gasteiger partial charge is 0.0280 e. The fraction of sp³-hybridized carbons (Fsp3) is 1.00. The Hall–Kier alpha value is 0.290. The highest BCUT2D eigenvalue weighted by Gasteiger charge is 2.37. The van der Waals surface area contributed by atoms with E-state index < -0.39 is 0 Å². The summed E-state index contributed by atoms with van der Waals surface area (Å²) in [6, 6.07) is 0. The zero-order valence-corrected chi connectivity index (χ0v) is 12.4. The van der Waals surface area contributed by atoms with Crippen molar-refractivity contribution in [1.82, 2.24) is 0 Å². The summed E-state index contributed by atoms with van der Waals surface area (Å²) in [4.78, 5) is 0. The molecule has 0 aliphatic heterocycles. The normalized spacial score (nSPS) is 31.7. The summed E-state index contributed by atoms with van der Waals surface area (Å²) in [6.07, 6.45) is 9.51. The van der Waals surface area contributed by atoms with Gasteiger partial charge in [0.05, 0.1) is 0 Å². The lowest BCUT2D eigenvalue weighted by molar-refractivity contribution is 0.0941. The van der Waals surface area contributed by atoms with Gasteiger partial charge in [-0.15, -0.1) is 11.6 Å². The molecule has 16 heavy (non-hydrogen) atoms. The SMILES string of the molecule is CCCCC1(CCl)CCC(C(C)(C)C)CC1. The van der Waals surface area contributed by atoms with Crippen molar-refractivity contribution in [2.75, 3.05) is 5.88 Å². The molecule has 0 aromatic carbocycles. The third-order valence-electron chi connectivity index (χ3n) is 4.62. The van der Waals surface area contributed by atoms with E-state index in [1.807, 2.05) is 0 Å². The van der Waals surface area contributed by atoms with Crippen LogP contribution in [-0.4, -0.2) is 5.88 Å². The van der Waals surface area contributed by atoms with Gasteiger partial charge in [0.15, 0.2) is 0 Å². The van der Waals surface area contributed by atoms with Crippen LogP contribution >= 0.6 is 11.6 Å². The second kappa shape index (κ2) is 5.76. The molecule has 1 saturated carbocycles. The lowest BCUT2D eigenvalue weighted by Crippen LogP contribution is -2.33. The summed E-state index contributed by atoms with van der Waals surface area (Å²) in [5.74, 6) is 1.79. The maximum atomic E-state index is 6.23. The number of hydrogen-bond acceptors (Lipinski definition) is 0. The second-order valence-corrected chi connectivity index (χ2v) is 7.14. The van der Waals surface area contributed by atoms with Gasteiger partial charge in [0.1, 0.15) is 0 Å². The molecule has 96 valence electrons. The molecule has 1 fully saturated rings. The Morgan fingerprint density at radius 2 is 1.75 bits per heavy atom. The first kappa shape index (κ1) is 14.4. The highest BCUT2D eigenvalue weighted by Crippen LogP contribution is 2.48. The van der Waals surface area contributed by atoms with Crippen molar-refractivity contribution in [1.29, 1.82) is 0 Å². The number of hydrogen-bond donors (Lipinski definition) is 0. The molecule has 0 saturated heterocycles. The molecular weight excluding hydrogens is 216 g/mol. The fourth-order valence-electron chi connectivity index (χ4n) is 3.10.